The maximum absolute atomic E-state index is 13.0. The highest BCUT2D eigenvalue weighted by molar-refractivity contribution is 8.38. The number of anilines is 1. The molecule has 0 aromatic heterocycles. The van der Waals surface area contributed by atoms with E-state index in [2.05, 4.69) is 16.4 Å². The van der Waals surface area contributed by atoms with Gasteiger partial charge in [0, 0.05) is 37.6 Å². The van der Waals surface area contributed by atoms with E-state index in [4.69, 9.17) is 0 Å². The first kappa shape index (κ1) is 21.9. The fraction of sp³-hybridized carbons (Fsp3) is 0.318. The van der Waals surface area contributed by atoms with E-state index in [1.807, 2.05) is 28.0 Å². The summed E-state index contributed by atoms with van der Waals surface area (Å²) in [5.74, 6) is 0.876. The summed E-state index contributed by atoms with van der Waals surface area (Å²) in [6.45, 7) is 2.75. The van der Waals surface area contributed by atoms with Gasteiger partial charge >= 0.3 is 0 Å². The van der Waals surface area contributed by atoms with Crippen LogP contribution < -0.4 is 5.32 Å². The predicted molar refractivity (Wildman–Crippen MR) is 125 cm³/mol. The standard InChI is InChI=1S/C22H23FN4O2S2/c23-17-5-7-18(8-6-17)24-20(28)13-26-9-11-27(12-10-26)21(29)15-31-22-25-19-4-2-1-3-16(19)14-30-22/h1-8H,9-15H2,(H,24,28). The van der Waals surface area contributed by atoms with Gasteiger partial charge < -0.3 is 10.2 Å². The lowest BCUT2D eigenvalue weighted by molar-refractivity contribution is -0.130. The van der Waals surface area contributed by atoms with Gasteiger partial charge in [-0.25, -0.2) is 9.38 Å². The molecular weight excluding hydrogens is 435 g/mol. The van der Waals surface area contributed by atoms with Gasteiger partial charge in [0.25, 0.3) is 0 Å². The van der Waals surface area contributed by atoms with Gasteiger partial charge in [0.1, 0.15) is 10.2 Å². The molecule has 9 heteroatoms. The number of piperazine rings is 1. The van der Waals surface area contributed by atoms with Crippen LogP contribution in [0.3, 0.4) is 0 Å². The molecule has 6 nitrogen and oxygen atoms in total. The number of benzene rings is 2. The number of para-hydroxylation sites is 1. The van der Waals surface area contributed by atoms with Crippen molar-refractivity contribution in [3.05, 3.63) is 59.9 Å². The Hall–Kier alpha value is -2.36. The van der Waals surface area contributed by atoms with E-state index >= 15 is 0 Å². The van der Waals surface area contributed by atoms with Crippen LogP contribution in [0.1, 0.15) is 5.56 Å². The summed E-state index contributed by atoms with van der Waals surface area (Å²) in [4.78, 5) is 33.3. The van der Waals surface area contributed by atoms with Crippen LogP contribution in [0.4, 0.5) is 15.8 Å². The molecule has 1 saturated heterocycles. The maximum atomic E-state index is 13.0. The van der Waals surface area contributed by atoms with Crippen LogP contribution in [0.2, 0.25) is 0 Å². The Labute approximate surface area is 189 Å². The van der Waals surface area contributed by atoms with Gasteiger partial charge in [-0.3, -0.25) is 14.5 Å². The number of halogens is 1. The fourth-order valence-corrected chi connectivity index (χ4v) is 5.36. The monoisotopic (exact) mass is 458 g/mol. The molecule has 2 aliphatic heterocycles. The molecule has 0 aliphatic carbocycles. The van der Waals surface area contributed by atoms with Crippen LogP contribution in [-0.4, -0.2) is 64.5 Å². The van der Waals surface area contributed by atoms with Gasteiger partial charge in [-0.05, 0) is 35.9 Å². The van der Waals surface area contributed by atoms with Crippen molar-refractivity contribution in [2.24, 2.45) is 4.99 Å². The van der Waals surface area contributed by atoms with Crippen LogP contribution >= 0.6 is 23.5 Å². The summed E-state index contributed by atoms with van der Waals surface area (Å²) in [7, 11) is 0. The number of hydrogen-bond donors (Lipinski definition) is 1. The SMILES string of the molecule is O=C(CN1CCN(C(=O)CSC2=Nc3ccccc3CS2)CC1)Nc1ccc(F)cc1. The van der Waals surface area contributed by atoms with E-state index in [1.54, 1.807) is 11.8 Å². The molecule has 2 aromatic carbocycles. The zero-order valence-corrected chi connectivity index (χ0v) is 18.6. The second-order valence-corrected chi connectivity index (χ2v) is 9.48. The Morgan fingerprint density at radius 3 is 2.58 bits per heavy atom. The number of nitrogens with one attached hydrogen (secondary N) is 1. The Kier molecular flexibility index (Phi) is 7.26. The number of carbonyl (C=O) groups is 2. The minimum Gasteiger partial charge on any atom is -0.339 e. The first-order valence-electron chi connectivity index (χ1n) is 10.0. The highest BCUT2D eigenvalue weighted by Gasteiger charge is 2.23. The zero-order valence-electron chi connectivity index (χ0n) is 16.9. The fourth-order valence-electron chi connectivity index (χ4n) is 3.39. The van der Waals surface area contributed by atoms with Crippen molar-refractivity contribution in [2.75, 3.05) is 43.8 Å². The van der Waals surface area contributed by atoms with E-state index in [-0.39, 0.29) is 24.2 Å². The van der Waals surface area contributed by atoms with Gasteiger partial charge in [0.15, 0.2) is 0 Å². The van der Waals surface area contributed by atoms with Gasteiger partial charge in [-0.1, -0.05) is 41.7 Å². The van der Waals surface area contributed by atoms with E-state index in [0.29, 0.717) is 37.6 Å². The third-order valence-electron chi connectivity index (χ3n) is 5.09. The molecule has 1 fully saturated rings. The summed E-state index contributed by atoms with van der Waals surface area (Å²) < 4.78 is 13.9. The Balaban J connectivity index is 1.19. The van der Waals surface area contributed by atoms with Crippen molar-refractivity contribution >= 4 is 51.1 Å². The number of carbonyl (C=O) groups excluding carboxylic acids is 2. The van der Waals surface area contributed by atoms with Crippen LogP contribution in [0.25, 0.3) is 0 Å². The largest absolute Gasteiger partial charge is 0.339 e. The molecular formula is C22H23FN4O2S2. The molecule has 2 amide bonds. The van der Waals surface area contributed by atoms with Crippen molar-refractivity contribution in [2.45, 2.75) is 5.75 Å². The zero-order chi connectivity index (χ0) is 21.6. The molecule has 0 saturated carbocycles. The summed E-state index contributed by atoms with van der Waals surface area (Å²) in [5, 5.41) is 2.77. The summed E-state index contributed by atoms with van der Waals surface area (Å²) in [6.07, 6.45) is 0. The average molecular weight is 459 g/mol. The summed E-state index contributed by atoms with van der Waals surface area (Å²) >= 11 is 3.17. The number of hydrogen-bond acceptors (Lipinski definition) is 6. The highest BCUT2D eigenvalue weighted by Crippen LogP contribution is 2.34. The van der Waals surface area contributed by atoms with Gasteiger partial charge in [0.05, 0.1) is 18.0 Å². The minimum absolute atomic E-state index is 0.0996. The van der Waals surface area contributed by atoms with Crippen molar-refractivity contribution in [1.29, 1.82) is 0 Å². The molecule has 4 rings (SSSR count). The Bertz CT molecular complexity index is 976. The molecule has 0 spiro atoms. The van der Waals surface area contributed by atoms with Crippen molar-refractivity contribution in [3.8, 4) is 0 Å². The lowest BCUT2D eigenvalue weighted by Crippen LogP contribution is -2.51. The number of rotatable bonds is 5. The minimum atomic E-state index is -0.337. The average Bonchev–Trinajstić information content (AvgIpc) is 2.79. The Morgan fingerprint density at radius 1 is 1.06 bits per heavy atom. The highest BCUT2D eigenvalue weighted by atomic mass is 32.2. The lowest BCUT2D eigenvalue weighted by atomic mass is 10.2. The maximum Gasteiger partial charge on any atom is 0.238 e. The second kappa shape index (κ2) is 10.3. The smallest absolute Gasteiger partial charge is 0.238 e. The van der Waals surface area contributed by atoms with Crippen molar-refractivity contribution in [3.63, 3.8) is 0 Å². The second-order valence-electron chi connectivity index (χ2n) is 7.30. The Morgan fingerprint density at radius 2 is 1.81 bits per heavy atom. The van der Waals surface area contributed by atoms with Crippen LogP contribution in [0.15, 0.2) is 53.5 Å². The van der Waals surface area contributed by atoms with E-state index in [1.165, 1.54) is 41.6 Å². The lowest BCUT2D eigenvalue weighted by Gasteiger charge is -2.34. The molecule has 0 unspecified atom stereocenters. The molecule has 1 N–H and O–H groups in total. The summed E-state index contributed by atoms with van der Waals surface area (Å²) in [5.41, 5.74) is 2.79. The molecule has 0 atom stereocenters. The molecule has 2 aromatic rings. The van der Waals surface area contributed by atoms with Crippen molar-refractivity contribution in [1.82, 2.24) is 9.80 Å². The third kappa shape index (κ3) is 6.09. The number of nitrogens with zero attached hydrogens (tertiary/aromatic N) is 3. The number of aliphatic imine (C=N–C) groups is 1. The van der Waals surface area contributed by atoms with Gasteiger partial charge in [0.2, 0.25) is 11.8 Å². The molecule has 162 valence electrons. The first-order chi connectivity index (χ1) is 15.1. The third-order valence-corrected chi connectivity index (χ3v) is 7.32. The normalized spacial score (nSPS) is 16.4. The molecule has 2 heterocycles. The molecule has 2 aliphatic rings. The number of fused-ring (bicyclic) bond motifs is 1. The number of amides is 2. The van der Waals surface area contributed by atoms with Gasteiger partial charge in [-0.15, -0.1) is 0 Å². The molecule has 0 bridgehead atoms. The van der Waals surface area contributed by atoms with Gasteiger partial charge in [-0.2, -0.15) is 0 Å². The van der Waals surface area contributed by atoms with Crippen LogP contribution in [-0.2, 0) is 15.3 Å². The van der Waals surface area contributed by atoms with E-state index in [9.17, 15) is 14.0 Å². The number of thioether (sulfide) groups is 2. The predicted octanol–water partition coefficient (Wildman–Crippen LogP) is 3.58. The van der Waals surface area contributed by atoms with E-state index in [0.717, 1.165) is 15.8 Å². The van der Waals surface area contributed by atoms with Crippen LogP contribution in [0, 0.1) is 5.82 Å². The quantitative estimate of drug-likeness (QED) is 0.742. The first-order valence-corrected chi connectivity index (χ1v) is 12.0. The summed E-state index contributed by atoms with van der Waals surface area (Å²) in [6, 6.07) is 13.8. The molecule has 31 heavy (non-hydrogen) atoms. The topological polar surface area (TPSA) is 65.0 Å². The van der Waals surface area contributed by atoms with Crippen LogP contribution in [0.5, 0.6) is 0 Å². The van der Waals surface area contributed by atoms with Crippen molar-refractivity contribution < 1.29 is 14.0 Å². The van der Waals surface area contributed by atoms with E-state index < -0.39 is 0 Å². The molecule has 0 radical (unpaired) electrons.